The maximum absolute atomic E-state index is 2.31. The molecule has 0 aliphatic rings. The molecule has 0 aliphatic heterocycles. The Morgan fingerprint density at radius 2 is 0.378 bits per heavy atom. The molecule has 0 aliphatic carbocycles. The third-order valence-corrected chi connectivity index (χ3v) is 9.55. The van der Waals surface area contributed by atoms with E-state index in [1.54, 1.807) is 0 Å². The van der Waals surface area contributed by atoms with Crippen LogP contribution in [0.3, 0.4) is 0 Å². The van der Waals surface area contributed by atoms with Crippen LogP contribution in [0.25, 0.3) is 0 Å². The molecule has 0 bridgehead atoms. The number of hydrogen-bond acceptors (Lipinski definition) is 0. The van der Waals surface area contributed by atoms with Gasteiger partial charge in [-0.15, -0.1) is 0 Å². The Hall–Kier alpha value is 0.494. The van der Waals surface area contributed by atoms with E-state index in [0.717, 1.165) is 0 Å². The van der Waals surface area contributed by atoms with E-state index < -0.39 is 0 Å². The van der Waals surface area contributed by atoms with Gasteiger partial charge in [0.15, 0.2) is 0 Å². The minimum absolute atomic E-state index is 1.37. The molecule has 228 valence electrons. The summed E-state index contributed by atoms with van der Waals surface area (Å²) in [6.45, 7) is 4.62. The van der Waals surface area contributed by atoms with Crippen molar-refractivity contribution in [1.29, 1.82) is 0 Å². The number of rotatable bonds is 34. The zero-order chi connectivity index (χ0) is 26.7. The van der Waals surface area contributed by atoms with Crippen molar-refractivity contribution in [2.24, 2.45) is 0 Å². The fourth-order valence-corrected chi connectivity index (χ4v) is 6.73. The molecule has 0 heterocycles. The molecule has 0 aromatic carbocycles. The minimum atomic E-state index is 1.37. The van der Waals surface area contributed by atoms with E-state index in [2.05, 4.69) is 13.8 Å². The summed E-state index contributed by atoms with van der Waals surface area (Å²) in [5.74, 6) is 0. The second-order valence-electron chi connectivity index (χ2n) is 12.1. The van der Waals surface area contributed by atoms with E-state index in [1.165, 1.54) is 216 Å². The van der Waals surface area contributed by atoms with Crippen molar-refractivity contribution in [3.63, 3.8) is 0 Å². The normalized spacial score (nSPS) is 11.6. The molecule has 0 spiro atoms. The van der Waals surface area contributed by atoms with E-state index in [4.69, 9.17) is 0 Å². The molecular formula is C36H74Ni. The van der Waals surface area contributed by atoms with E-state index in [9.17, 15) is 0 Å². The summed E-state index contributed by atoms with van der Waals surface area (Å²) in [6, 6.07) is 0. The predicted molar refractivity (Wildman–Crippen MR) is 169 cm³/mol. The summed E-state index contributed by atoms with van der Waals surface area (Å²) in [5.41, 5.74) is 0. The van der Waals surface area contributed by atoms with E-state index in [-0.39, 0.29) is 0 Å². The van der Waals surface area contributed by atoms with Crippen molar-refractivity contribution < 1.29 is 14.4 Å². The molecule has 0 aromatic heterocycles. The van der Waals surface area contributed by atoms with Crippen molar-refractivity contribution in [2.45, 2.75) is 230 Å². The van der Waals surface area contributed by atoms with Crippen LogP contribution >= 0.6 is 0 Å². The first kappa shape index (κ1) is 37.5. The van der Waals surface area contributed by atoms with Crippen LogP contribution in [-0.4, -0.2) is 0 Å². The number of unbranched alkanes of at least 4 members (excludes halogenated alkanes) is 30. The molecule has 0 unspecified atom stereocenters. The summed E-state index contributed by atoms with van der Waals surface area (Å²) >= 11 is 2.04. The Balaban J connectivity index is 3.00. The van der Waals surface area contributed by atoms with E-state index in [0.29, 0.717) is 0 Å². The standard InChI is InChI=1S/2C18H37.Ni/c2*1-3-5-7-9-11-13-15-17-18-16-14-12-10-8-6-4-2;/h2*1,3-18H2,2H3;. The predicted octanol–water partition coefficient (Wildman–Crippen LogP) is 14.4. The Bertz CT molecular complexity index is 332. The van der Waals surface area contributed by atoms with Gasteiger partial charge in [-0.25, -0.2) is 0 Å². The summed E-state index contributed by atoms with van der Waals surface area (Å²) < 4.78 is 0. The van der Waals surface area contributed by atoms with Gasteiger partial charge in [0, 0.05) is 0 Å². The fourth-order valence-electron chi connectivity index (χ4n) is 5.49. The van der Waals surface area contributed by atoms with Crippen LogP contribution in [-0.2, 0) is 14.4 Å². The van der Waals surface area contributed by atoms with Crippen molar-refractivity contribution in [3.8, 4) is 0 Å². The Morgan fingerprint density at radius 3 is 0.568 bits per heavy atom. The van der Waals surface area contributed by atoms with Crippen LogP contribution in [0.15, 0.2) is 0 Å². The van der Waals surface area contributed by atoms with Gasteiger partial charge in [0.2, 0.25) is 0 Å². The maximum atomic E-state index is 2.31. The van der Waals surface area contributed by atoms with Crippen molar-refractivity contribution in [1.82, 2.24) is 0 Å². The van der Waals surface area contributed by atoms with Crippen LogP contribution in [0.5, 0.6) is 0 Å². The van der Waals surface area contributed by atoms with Crippen LogP contribution in [0.1, 0.15) is 219 Å². The third-order valence-electron chi connectivity index (χ3n) is 8.15. The first-order valence-corrected chi connectivity index (χ1v) is 19.3. The molecule has 0 aromatic rings. The topological polar surface area (TPSA) is 0 Å². The zero-order valence-electron chi connectivity index (χ0n) is 26.4. The fraction of sp³-hybridized carbons (Fsp3) is 1.00. The molecule has 37 heavy (non-hydrogen) atoms. The zero-order valence-corrected chi connectivity index (χ0v) is 27.3. The number of hydrogen-bond donors (Lipinski definition) is 0. The molecule has 0 radical (unpaired) electrons. The van der Waals surface area contributed by atoms with Crippen LogP contribution in [0, 0.1) is 0 Å². The SMILES string of the molecule is CCCCCCCCCCCCCCCCC[CH2][Ni][CH2]CCCCCCCCCCCCCCCCC. The van der Waals surface area contributed by atoms with Gasteiger partial charge in [0.25, 0.3) is 0 Å². The minimum Gasteiger partial charge on any atom is -0.0654 e. The average Bonchev–Trinajstić information content (AvgIpc) is 2.91. The molecule has 0 nitrogen and oxygen atoms in total. The van der Waals surface area contributed by atoms with Crippen molar-refractivity contribution in [3.05, 3.63) is 0 Å². The van der Waals surface area contributed by atoms with Gasteiger partial charge in [0.1, 0.15) is 0 Å². The van der Waals surface area contributed by atoms with Crippen LogP contribution in [0.2, 0.25) is 10.8 Å². The molecule has 0 saturated heterocycles. The monoisotopic (exact) mass is 565 g/mol. The van der Waals surface area contributed by atoms with Gasteiger partial charge >= 0.3 is 166 Å². The van der Waals surface area contributed by atoms with E-state index >= 15 is 0 Å². The second-order valence-corrected chi connectivity index (χ2v) is 13.6. The molecular weight excluding hydrogens is 491 g/mol. The molecule has 0 saturated carbocycles. The summed E-state index contributed by atoms with van der Waals surface area (Å²) in [4.78, 5) is 0. The Kier molecular flexibility index (Phi) is 37.0. The summed E-state index contributed by atoms with van der Waals surface area (Å²) in [5, 5.41) is 2.87. The molecule has 0 atom stereocenters. The summed E-state index contributed by atoms with van der Waals surface area (Å²) in [7, 11) is 0. The first-order chi connectivity index (χ1) is 18.4. The quantitative estimate of drug-likeness (QED) is 0.0538. The van der Waals surface area contributed by atoms with Gasteiger partial charge in [-0.1, -0.05) is 78.1 Å². The van der Waals surface area contributed by atoms with Gasteiger partial charge in [0.05, 0.1) is 0 Å². The molecule has 0 fully saturated rings. The van der Waals surface area contributed by atoms with Crippen LogP contribution in [0.4, 0.5) is 0 Å². The third kappa shape index (κ3) is 36.5. The smallest absolute Gasteiger partial charge is 0.0654 e. The first-order valence-electron chi connectivity index (χ1n) is 17.9. The van der Waals surface area contributed by atoms with Crippen LogP contribution < -0.4 is 0 Å². The van der Waals surface area contributed by atoms with E-state index in [1.807, 2.05) is 14.4 Å². The van der Waals surface area contributed by atoms with Crippen molar-refractivity contribution >= 4 is 0 Å². The van der Waals surface area contributed by atoms with Gasteiger partial charge in [-0.3, -0.25) is 0 Å². The van der Waals surface area contributed by atoms with Gasteiger partial charge < -0.3 is 0 Å². The molecule has 0 N–H and O–H groups in total. The van der Waals surface area contributed by atoms with Crippen molar-refractivity contribution in [2.75, 3.05) is 0 Å². The average molecular weight is 566 g/mol. The Morgan fingerprint density at radius 1 is 0.216 bits per heavy atom. The second kappa shape index (κ2) is 36.5. The Labute approximate surface area is 243 Å². The van der Waals surface area contributed by atoms with Gasteiger partial charge in [-0.2, -0.15) is 0 Å². The molecule has 0 rings (SSSR count). The summed E-state index contributed by atoms with van der Waals surface area (Å²) in [6.07, 6.45) is 47.2. The molecule has 0 amide bonds. The van der Waals surface area contributed by atoms with Gasteiger partial charge in [-0.05, 0) is 0 Å². The molecule has 1 heteroatoms.